The molecule has 0 saturated carbocycles. The molecule has 0 spiro atoms. The molecule has 0 aromatic carbocycles. The Morgan fingerprint density at radius 2 is 1.62 bits per heavy atom. The molecule has 0 atom stereocenters. The second-order valence-electron chi connectivity index (χ2n) is 9.36. The summed E-state index contributed by atoms with van der Waals surface area (Å²) in [6.45, 7) is 20.4. The van der Waals surface area contributed by atoms with Crippen LogP contribution in [0.1, 0.15) is 68.2 Å². The molecule has 1 rings (SSSR count). The van der Waals surface area contributed by atoms with Gasteiger partial charge in [0.1, 0.15) is 0 Å². The molecule has 3 nitrogen and oxygen atoms in total. The zero-order valence-electron chi connectivity index (χ0n) is 15.1. The molecule has 124 valence electrons. The SMILES string of the molecule is C=CC(C)(C)CC(C)(C)N1C(C)(C)CC(C)(C)CS1(=O)=O. The fourth-order valence-corrected chi connectivity index (χ4v) is 7.54. The second-order valence-corrected chi connectivity index (χ2v) is 11.2. The van der Waals surface area contributed by atoms with Gasteiger partial charge in [0.05, 0.1) is 5.75 Å². The fraction of sp³-hybridized carbons (Fsp3) is 0.882. The van der Waals surface area contributed by atoms with Crippen molar-refractivity contribution in [3.63, 3.8) is 0 Å². The van der Waals surface area contributed by atoms with Crippen LogP contribution < -0.4 is 0 Å². The summed E-state index contributed by atoms with van der Waals surface area (Å²) in [6.07, 6.45) is 3.55. The minimum atomic E-state index is -3.28. The lowest BCUT2D eigenvalue weighted by Crippen LogP contribution is -2.64. The van der Waals surface area contributed by atoms with Crippen molar-refractivity contribution in [3.05, 3.63) is 12.7 Å². The third kappa shape index (κ3) is 4.10. The number of hydrogen-bond acceptors (Lipinski definition) is 2. The summed E-state index contributed by atoms with van der Waals surface area (Å²) >= 11 is 0. The molecule has 0 unspecified atom stereocenters. The summed E-state index contributed by atoms with van der Waals surface area (Å²) in [6, 6.07) is 0. The molecule has 0 aromatic heterocycles. The Morgan fingerprint density at radius 3 is 2.00 bits per heavy atom. The van der Waals surface area contributed by atoms with Crippen molar-refractivity contribution in [2.45, 2.75) is 79.3 Å². The van der Waals surface area contributed by atoms with Crippen LogP contribution in [0.4, 0.5) is 0 Å². The van der Waals surface area contributed by atoms with Gasteiger partial charge in [-0.3, -0.25) is 0 Å². The predicted molar refractivity (Wildman–Crippen MR) is 90.8 cm³/mol. The molecule has 0 aromatic rings. The van der Waals surface area contributed by atoms with Gasteiger partial charge in [-0.2, -0.15) is 4.31 Å². The molecule has 1 aliphatic heterocycles. The van der Waals surface area contributed by atoms with E-state index in [1.165, 1.54) is 0 Å². The average molecular weight is 316 g/mol. The molecule has 0 radical (unpaired) electrons. The quantitative estimate of drug-likeness (QED) is 0.729. The largest absolute Gasteiger partial charge is 0.215 e. The van der Waals surface area contributed by atoms with Crippen LogP contribution >= 0.6 is 0 Å². The van der Waals surface area contributed by atoms with Crippen molar-refractivity contribution in [2.24, 2.45) is 10.8 Å². The van der Waals surface area contributed by atoms with E-state index in [1.54, 1.807) is 4.31 Å². The molecule has 4 heteroatoms. The Balaban J connectivity index is 3.29. The van der Waals surface area contributed by atoms with Crippen molar-refractivity contribution < 1.29 is 8.42 Å². The van der Waals surface area contributed by atoms with Crippen LogP contribution in [0.3, 0.4) is 0 Å². The molecule has 0 bridgehead atoms. The van der Waals surface area contributed by atoms with Gasteiger partial charge >= 0.3 is 0 Å². The maximum Gasteiger partial charge on any atom is 0.215 e. The lowest BCUT2D eigenvalue weighted by molar-refractivity contribution is 0.0397. The van der Waals surface area contributed by atoms with Crippen LogP contribution in [-0.2, 0) is 10.0 Å². The van der Waals surface area contributed by atoms with Gasteiger partial charge in [-0.25, -0.2) is 8.42 Å². The number of nitrogens with zero attached hydrogens (tertiary/aromatic N) is 1. The van der Waals surface area contributed by atoms with Crippen LogP contribution in [0.2, 0.25) is 0 Å². The monoisotopic (exact) mass is 315 g/mol. The first-order chi connectivity index (χ1) is 9.05. The van der Waals surface area contributed by atoms with Crippen LogP contribution in [0.15, 0.2) is 12.7 Å². The van der Waals surface area contributed by atoms with E-state index in [9.17, 15) is 8.42 Å². The van der Waals surface area contributed by atoms with E-state index in [1.807, 2.05) is 47.6 Å². The van der Waals surface area contributed by atoms with Gasteiger partial charge < -0.3 is 0 Å². The van der Waals surface area contributed by atoms with Gasteiger partial charge in [-0.15, -0.1) is 6.58 Å². The smallest absolute Gasteiger partial charge is 0.212 e. The Kier molecular flexibility index (Phi) is 4.53. The highest BCUT2D eigenvalue weighted by atomic mass is 32.2. The van der Waals surface area contributed by atoms with E-state index in [0.29, 0.717) is 0 Å². The van der Waals surface area contributed by atoms with Gasteiger partial charge in [0.15, 0.2) is 0 Å². The first kappa shape index (κ1) is 18.7. The van der Waals surface area contributed by atoms with E-state index in [0.717, 1.165) is 12.8 Å². The molecular formula is C17H33NO2S. The van der Waals surface area contributed by atoms with Gasteiger partial charge in [0, 0.05) is 11.1 Å². The normalized spacial score (nSPS) is 25.5. The summed E-state index contributed by atoms with van der Waals surface area (Å²) in [7, 11) is -3.28. The third-order valence-electron chi connectivity index (χ3n) is 4.30. The summed E-state index contributed by atoms with van der Waals surface area (Å²) < 4.78 is 27.6. The molecule has 21 heavy (non-hydrogen) atoms. The van der Waals surface area contributed by atoms with Gasteiger partial charge in [0.2, 0.25) is 10.0 Å². The minimum Gasteiger partial charge on any atom is -0.212 e. The van der Waals surface area contributed by atoms with E-state index in [-0.39, 0.29) is 22.1 Å². The van der Waals surface area contributed by atoms with Crippen LogP contribution in [0.25, 0.3) is 0 Å². The third-order valence-corrected chi connectivity index (χ3v) is 6.99. The molecule has 0 aliphatic carbocycles. The highest BCUT2D eigenvalue weighted by Gasteiger charge is 2.53. The molecule has 1 aliphatic rings. The fourth-order valence-electron chi connectivity index (χ4n) is 4.68. The lowest BCUT2D eigenvalue weighted by atomic mass is 9.76. The summed E-state index contributed by atoms with van der Waals surface area (Å²) in [5, 5.41) is 0. The lowest BCUT2D eigenvalue weighted by Gasteiger charge is -2.55. The number of allylic oxidation sites excluding steroid dienone is 1. The summed E-state index contributed by atoms with van der Waals surface area (Å²) in [5.74, 6) is 0.224. The van der Waals surface area contributed by atoms with Gasteiger partial charge in [-0.1, -0.05) is 33.8 Å². The van der Waals surface area contributed by atoms with Crippen molar-refractivity contribution in [2.75, 3.05) is 5.75 Å². The topological polar surface area (TPSA) is 37.4 Å². The number of sulfonamides is 1. The Hall–Kier alpha value is -0.350. The van der Waals surface area contributed by atoms with Crippen molar-refractivity contribution in [1.29, 1.82) is 0 Å². The molecule has 0 N–H and O–H groups in total. The Labute approximate surface area is 131 Å². The molecular weight excluding hydrogens is 282 g/mol. The molecule has 0 amide bonds. The van der Waals surface area contributed by atoms with Crippen LogP contribution in [0, 0.1) is 10.8 Å². The summed E-state index contributed by atoms with van der Waals surface area (Å²) in [4.78, 5) is 0. The van der Waals surface area contributed by atoms with Gasteiger partial charge in [0.25, 0.3) is 0 Å². The van der Waals surface area contributed by atoms with Crippen molar-refractivity contribution in [3.8, 4) is 0 Å². The van der Waals surface area contributed by atoms with E-state index in [2.05, 4.69) is 20.4 Å². The zero-order chi connectivity index (χ0) is 16.9. The van der Waals surface area contributed by atoms with Crippen molar-refractivity contribution in [1.82, 2.24) is 4.31 Å². The van der Waals surface area contributed by atoms with E-state index in [4.69, 9.17) is 0 Å². The first-order valence-corrected chi connectivity index (χ1v) is 9.33. The van der Waals surface area contributed by atoms with Crippen LogP contribution in [0.5, 0.6) is 0 Å². The van der Waals surface area contributed by atoms with Crippen LogP contribution in [-0.4, -0.2) is 29.6 Å². The highest BCUT2D eigenvalue weighted by molar-refractivity contribution is 7.89. The summed E-state index contributed by atoms with van der Waals surface area (Å²) in [5.41, 5.74) is -1.08. The maximum absolute atomic E-state index is 12.9. The van der Waals surface area contributed by atoms with E-state index < -0.39 is 15.6 Å². The minimum absolute atomic E-state index is 0.0952. The second kappa shape index (κ2) is 5.09. The number of rotatable bonds is 4. The maximum atomic E-state index is 12.9. The first-order valence-electron chi connectivity index (χ1n) is 7.72. The predicted octanol–water partition coefficient (Wildman–Crippen LogP) is 4.21. The van der Waals surface area contributed by atoms with E-state index >= 15 is 0 Å². The molecule has 1 heterocycles. The molecule has 1 saturated heterocycles. The zero-order valence-corrected chi connectivity index (χ0v) is 15.9. The standard InChI is InChI=1S/C17H33NO2S/c1-10-14(2,3)11-16(6,7)18-17(8,9)12-15(4,5)13-21(18,19)20/h10H,1,11-13H2,2-9H3. The highest BCUT2D eigenvalue weighted by Crippen LogP contribution is 2.46. The number of hydrogen-bond donors (Lipinski definition) is 0. The van der Waals surface area contributed by atoms with Crippen molar-refractivity contribution >= 4 is 10.0 Å². The average Bonchev–Trinajstić information content (AvgIpc) is 2.06. The molecule has 1 fully saturated rings. The Morgan fingerprint density at radius 1 is 1.14 bits per heavy atom. The Bertz CT molecular complexity index is 513. The van der Waals surface area contributed by atoms with Gasteiger partial charge in [-0.05, 0) is 51.4 Å².